The van der Waals surface area contributed by atoms with Crippen molar-refractivity contribution in [2.24, 2.45) is 11.7 Å². The molecule has 0 bridgehead atoms. The van der Waals surface area contributed by atoms with Gasteiger partial charge in [0.25, 0.3) is 0 Å². The molecule has 92 valence electrons. The molecule has 1 fully saturated rings. The summed E-state index contributed by atoms with van der Waals surface area (Å²) in [6, 6.07) is 3.89. The number of carbonyl (C=O) groups is 1. The minimum atomic E-state index is -0.158. The number of carbonyl (C=O) groups excluding carboxylic acids is 1. The van der Waals surface area contributed by atoms with Crippen LogP contribution in [0.15, 0.2) is 24.5 Å². The van der Waals surface area contributed by atoms with Crippen LogP contribution >= 0.6 is 0 Å². The molecule has 0 aromatic carbocycles. The van der Waals surface area contributed by atoms with E-state index in [-0.39, 0.29) is 17.4 Å². The molecule has 17 heavy (non-hydrogen) atoms. The summed E-state index contributed by atoms with van der Waals surface area (Å²) in [4.78, 5) is 17.9. The molecule has 1 amide bonds. The zero-order chi connectivity index (χ0) is 12.5. The van der Waals surface area contributed by atoms with Gasteiger partial charge in [0.05, 0.1) is 0 Å². The first-order chi connectivity index (χ1) is 8.05. The topological polar surface area (TPSA) is 59.2 Å². The summed E-state index contributed by atoms with van der Waals surface area (Å²) in [5.74, 6) is 0.444. The van der Waals surface area contributed by atoms with Gasteiger partial charge >= 0.3 is 0 Å². The van der Waals surface area contributed by atoms with Gasteiger partial charge in [0, 0.05) is 36.8 Å². The summed E-state index contributed by atoms with van der Waals surface area (Å²) in [7, 11) is 0. The van der Waals surface area contributed by atoms with Gasteiger partial charge in [-0.3, -0.25) is 9.78 Å². The van der Waals surface area contributed by atoms with Crippen molar-refractivity contribution < 1.29 is 4.79 Å². The molecule has 1 aromatic rings. The number of pyridine rings is 1. The highest BCUT2D eigenvalue weighted by Crippen LogP contribution is 2.35. The lowest BCUT2D eigenvalue weighted by molar-refractivity contribution is -0.131. The molecule has 2 rings (SSSR count). The number of aromatic nitrogens is 1. The van der Waals surface area contributed by atoms with Gasteiger partial charge in [-0.1, -0.05) is 0 Å². The fourth-order valence-corrected chi connectivity index (χ4v) is 2.45. The predicted octanol–water partition coefficient (Wildman–Crippen LogP) is 1.17. The predicted molar refractivity (Wildman–Crippen MR) is 66.0 cm³/mol. The Bertz CT molecular complexity index is 402. The Morgan fingerprint density at radius 3 is 2.65 bits per heavy atom. The Balaban J connectivity index is 2.18. The summed E-state index contributed by atoms with van der Waals surface area (Å²) >= 11 is 0. The van der Waals surface area contributed by atoms with Crippen molar-refractivity contribution in [3.63, 3.8) is 0 Å². The molecule has 0 spiro atoms. The van der Waals surface area contributed by atoms with Crippen molar-refractivity contribution in [3.8, 4) is 0 Å². The highest BCUT2D eigenvalue weighted by atomic mass is 16.2. The normalized spacial score (nSPS) is 23.1. The number of rotatable bonds is 3. The van der Waals surface area contributed by atoms with Crippen LogP contribution < -0.4 is 5.73 Å². The number of nitrogens with zero attached hydrogens (tertiary/aromatic N) is 2. The molecule has 1 saturated heterocycles. The van der Waals surface area contributed by atoms with Gasteiger partial charge in [0.15, 0.2) is 0 Å². The number of hydrogen-bond donors (Lipinski definition) is 1. The zero-order valence-electron chi connectivity index (χ0n) is 10.4. The Kier molecular flexibility index (Phi) is 3.15. The van der Waals surface area contributed by atoms with Gasteiger partial charge in [0.2, 0.25) is 5.91 Å². The third kappa shape index (κ3) is 2.17. The lowest BCUT2D eigenvalue weighted by atomic mass is 9.88. The molecule has 2 heterocycles. The summed E-state index contributed by atoms with van der Waals surface area (Å²) in [5, 5.41) is 0. The van der Waals surface area contributed by atoms with Crippen molar-refractivity contribution in [3.05, 3.63) is 30.1 Å². The van der Waals surface area contributed by atoms with Crippen molar-refractivity contribution in [2.75, 3.05) is 6.54 Å². The fourth-order valence-electron chi connectivity index (χ4n) is 2.45. The molecule has 0 saturated carbocycles. The average molecular weight is 233 g/mol. The second kappa shape index (κ2) is 4.45. The Morgan fingerprint density at radius 1 is 1.47 bits per heavy atom. The smallest absolute Gasteiger partial charge is 0.223 e. The van der Waals surface area contributed by atoms with Crippen molar-refractivity contribution >= 4 is 5.91 Å². The third-order valence-corrected chi connectivity index (χ3v) is 3.79. The summed E-state index contributed by atoms with van der Waals surface area (Å²) < 4.78 is 0. The molecule has 2 N–H and O–H groups in total. The standard InChI is InChI=1S/C13H19N3O/c1-13(2)11(8-14)7-12(17)16(13)9-10-3-5-15-6-4-10/h3-6,11H,7-9,14H2,1-2H3. The molecule has 1 unspecified atom stereocenters. The highest BCUT2D eigenvalue weighted by Gasteiger charge is 2.44. The van der Waals surface area contributed by atoms with Crippen molar-refractivity contribution in [1.82, 2.24) is 9.88 Å². The van der Waals surface area contributed by atoms with Crippen LogP contribution in [-0.4, -0.2) is 27.9 Å². The maximum absolute atomic E-state index is 12.0. The fraction of sp³-hybridized carbons (Fsp3) is 0.538. The summed E-state index contributed by atoms with van der Waals surface area (Å²) in [6.45, 7) is 5.39. The molecule has 1 aliphatic rings. The van der Waals surface area contributed by atoms with E-state index in [1.54, 1.807) is 12.4 Å². The van der Waals surface area contributed by atoms with Crippen LogP contribution in [0.1, 0.15) is 25.8 Å². The largest absolute Gasteiger partial charge is 0.333 e. The molecule has 1 aliphatic heterocycles. The molecule has 0 aliphatic carbocycles. The van der Waals surface area contributed by atoms with Crippen LogP contribution in [0.3, 0.4) is 0 Å². The molecule has 0 radical (unpaired) electrons. The van der Waals surface area contributed by atoms with E-state index in [0.717, 1.165) is 5.56 Å². The van der Waals surface area contributed by atoms with Gasteiger partial charge in [-0.05, 0) is 38.1 Å². The van der Waals surface area contributed by atoms with Gasteiger partial charge in [0.1, 0.15) is 0 Å². The first-order valence-electron chi connectivity index (χ1n) is 5.95. The van der Waals surface area contributed by atoms with Crippen molar-refractivity contribution in [2.45, 2.75) is 32.4 Å². The molecule has 4 heteroatoms. The van der Waals surface area contributed by atoms with E-state index in [2.05, 4.69) is 18.8 Å². The lowest BCUT2D eigenvalue weighted by Crippen LogP contribution is -2.45. The highest BCUT2D eigenvalue weighted by molar-refractivity contribution is 5.80. The minimum Gasteiger partial charge on any atom is -0.333 e. The molecule has 1 atom stereocenters. The maximum atomic E-state index is 12.0. The van der Waals surface area contributed by atoms with Gasteiger partial charge < -0.3 is 10.6 Å². The number of likely N-dealkylation sites (tertiary alicyclic amines) is 1. The van der Waals surface area contributed by atoms with Gasteiger partial charge in [-0.15, -0.1) is 0 Å². The molecular weight excluding hydrogens is 214 g/mol. The van der Waals surface area contributed by atoms with Crippen LogP contribution in [0.5, 0.6) is 0 Å². The second-order valence-corrected chi connectivity index (χ2v) is 5.13. The third-order valence-electron chi connectivity index (χ3n) is 3.79. The average Bonchev–Trinajstić information content (AvgIpc) is 2.53. The SMILES string of the molecule is CC1(C)C(CN)CC(=O)N1Cc1ccncc1. The first kappa shape index (κ1) is 12.0. The maximum Gasteiger partial charge on any atom is 0.223 e. The minimum absolute atomic E-state index is 0.158. The Hall–Kier alpha value is -1.42. The second-order valence-electron chi connectivity index (χ2n) is 5.13. The first-order valence-corrected chi connectivity index (χ1v) is 5.95. The van der Waals surface area contributed by atoms with E-state index >= 15 is 0 Å². The quantitative estimate of drug-likeness (QED) is 0.852. The summed E-state index contributed by atoms with van der Waals surface area (Å²) in [5.41, 5.74) is 6.69. The molecule has 1 aromatic heterocycles. The van der Waals surface area contributed by atoms with E-state index in [4.69, 9.17) is 5.73 Å². The Labute approximate surface area is 102 Å². The van der Waals surface area contributed by atoms with Crippen LogP contribution in [0.4, 0.5) is 0 Å². The van der Waals surface area contributed by atoms with E-state index in [0.29, 0.717) is 19.5 Å². The Morgan fingerprint density at radius 2 is 2.12 bits per heavy atom. The summed E-state index contributed by atoms with van der Waals surface area (Å²) in [6.07, 6.45) is 4.07. The number of hydrogen-bond acceptors (Lipinski definition) is 3. The van der Waals surface area contributed by atoms with E-state index in [9.17, 15) is 4.79 Å². The van der Waals surface area contributed by atoms with Crippen LogP contribution in [0, 0.1) is 5.92 Å². The van der Waals surface area contributed by atoms with Crippen LogP contribution in [0.25, 0.3) is 0 Å². The van der Waals surface area contributed by atoms with Crippen LogP contribution in [-0.2, 0) is 11.3 Å². The van der Waals surface area contributed by atoms with Crippen LogP contribution in [0.2, 0.25) is 0 Å². The number of nitrogens with two attached hydrogens (primary N) is 1. The van der Waals surface area contributed by atoms with Gasteiger partial charge in [-0.25, -0.2) is 0 Å². The van der Waals surface area contributed by atoms with E-state index in [1.807, 2.05) is 17.0 Å². The molecular formula is C13H19N3O. The monoisotopic (exact) mass is 233 g/mol. The lowest BCUT2D eigenvalue weighted by Gasteiger charge is -2.35. The van der Waals surface area contributed by atoms with E-state index < -0.39 is 0 Å². The molecule has 4 nitrogen and oxygen atoms in total. The van der Waals surface area contributed by atoms with E-state index in [1.165, 1.54) is 0 Å². The van der Waals surface area contributed by atoms with Crippen molar-refractivity contribution in [1.29, 1.82) is 0 Å². The van der Waals surface area contributed by atoms with Gasteiger partial charge in [-0.2, -0.15) is 0 Å². The number of amides is 1. The zero-order valence-corrected chi connectivity index (χ0v) is 10.4.